The molecule has 3 heterocycles. The van der Waals surface area contributed by atoms with Gasteiger partial charge in [-0.1, -0.05) is 72.8 Å². The summed E-state index contributed by atoms with van der Waals surface area (Å²) in [7, 11) is -5.95. The Morgan fingerprint density at radius 2 is 0.880 bits per heavy atom. The predicted molar refractivity (Wildman–Crippen MR) is 309 cm³/mol. The number of carboxylic acids is 1. The average molecular weight is 1150 g/mol. The molecule has 0 amide bonds. The smallest absolute Gasteiger partial charge is 0.356 e. The number of benzene rings is 9. The Morgan fingerprint density at radius 1 is 0.506 bits per heavy atom. The van der Waals surface area contributed by atoms with Gasteiger partial charge < -0.3 is 26.4 Å². The molecule has 1 unspecified atom stereocenters. The molecule has 3 aromatic heterocycles. The van der Waals surface area contributed by atoms with Crippen LogP contribution in [0.1, 0.15) is 32.5 Å². The molecule has 0 saturated heterocycles. The standard InChI is InChI=1S/C19H10N6O3S.C19H12N4O5S.C19H10N2O2.H3N.H2O.H2/c20-24-25-29(27)11-6-9-2-1-3-12-16(9)13(8-11)18-17(12)22-14-5-4-10(19(26)28-21)7-15(14)23-18;20-27-19(24)10-4-5-14-15(7-10)23-17-12-3-1-2-9-6-11(29(25,26)28-21)8-13(16(9)12)18(17)22-14;22-19(23)11-7-8-14-15(9-11)21-18-13-6-2-4-10-3-1-5-12(16(10)13)17(18)20-14;;;/h1-8H,21H2;1-8H,20-21H2;1-9H,(H,22,23);1H3;1H2;1H. The van der Waals surface area contributed by atoms with Crippen molar-refractivity contribution in [2.24, 2.45) is 22.2 Å². The summed E-state index contributed by atoms with van der Waals surface area (Å²) in [5.41, 5.74) is 22.1. The maximum absolute atomic E-state index is 12.2. The Balaban J connectivity index is 0.000000139. The highest BCUT2D eigenvalue weighted by molar-refractivity contribution is 7.86. The maximum Gasteiger partial charge on any atom is 0.356 e. The molecule has 1 atom stereocenters. The summed E-state index contributed by atoms with van der Waals surface area (Å²) in [6, 6.07) is 44.2. The van der Waals surface area contributed by atoms with Crippen LogP contribution in [0.3, 0.4) is 0 Å². The second kappa shape index (κ2) is 20.8. The molecule has 0 aliphatic heterocycles. The van der Waals surface area contributed by atoms with Crippen LogP contribution in [0.15, 0.2) is 166 Å². The number of nitrogens with zero attached hydrogens (tertiary/aromatic N) is 9. The van der Waals surface area contributed by atoms with Crippen molar-refractivity contribution in [2.75, 3.05) is 0 Å². The molecule has 15 rings (SSSR count). The van der Waals surface area contributed by atoms with Gasteiger partial charge in [0, 0.05) is 65.3 Å². The lowest BCUT2D eigenvalue weighted by atomic mass is 10.0. The van der Waals surface area contributed by atoms with E-state index in [2.05, 4.69) is 51.6 Å². The number of hydrogen-bond donors (Lipinski definition) is 5. The second-order valence-corrected chi connectivity index (χ2v) is 21.1. The second-order valence-electron chi connectivity index (χ2n) is 18.4. The first-order valence-corrected chi connectivity index (χ1v) is 26.6. The minimum atomic E-state index is -4.10. The van der Waals surface area contributed by atoms with Gasteiger partial charge in [0.15, 0.2) is 0 Å². The Labute approximate surface area is 469 Å². The molecule has 83 heavy (non-hydrogen) atoms. The first-order valence-electron chi connectivity index (χ1n) is 24.0. The van der Waals surface area contributed by atoms with E-state index in [9.17, 15) is 27.0 Å². The van der Waals surface area contributed by atoms with E-state index in [-0.39, 0.29) is 34.6 Å². The van der Waals surface area contributed by atoms with Crippen molar-refractivity contribution >= 4 is 104 Å². The minimum Gasteiger partial charge on any atom is -0.478 e. The number of azide groups is 1. The molecule has 3 aliphatic rings. The summed E-state index contributed by atoms with van der Waals surface area (Å²) >= 11 is 0. The lowest BCUT2D eigenvalue weighted by molar-refractivity contribution is 0.0495. The van der Waals surface area contributed by atoms with Crippen molar-refractivity contribution in [1.82, 2.24) is 36.1 Å². The van der Waals surface area contributed by atoms with Crippen molar-refractivity contribution in [3.63, 3.8) is 0 Å². The van der Waals surface area contributed by atoms with Crippen LogP contribution in [0, 0.1) is 0 Å². The van der Waals surface area contributed by atoms with Crippen LogP contribution >= 0.6 is 0 Å². The van der Waals surface area contributed by atoms with Crippen LogP contribution < -0.4 is 23.8 Å². The van der Waals surface area contributed by atoms with E-state index in [1.807, 2.05) is 42.5 Å². The number of hydrogen-bond acceptors (Lipinski definition) is 19. The Bertz CT molecular complexity index is 5070. The third kappa shape index (κ3) is 8.90. The zero-order valence-corrected chi connectivity index (χ0v) is 44.0. The first-order chi connectivity index (χ1) is 39.2. The molecule has 12 N–H and O–H groups in total. The Hall–Kier alpha value is -10.6. The molecule has 0 spiro atoms. The number of aromatic nitrogens is 6. The summed E-state index contributed by atoms with van der Waals surface area (Å²) in [5.74, 6) is 12.5. The number of nitrogens with two attached hydrogens (primary N) is 3. The maximum atomic E-state index is 12.2. The molecule has 3 aliphatic carbocycles. The molecule has 26 heteroatoms. The molecule has 0 saturated carbocycles. The van der Waals surface area contributed by atoms with Gasteiger partial charge in [-0.3, -0.25) is 0 Å². The van der Waals surface area contributed by atoms with Crippen LogP contribution in [-0.4, -0.2) is 71.0 Å². The summed E-state index contributed by atoms with van der Waals surface area (Å²) in [6.07, 6.45) is 0. The van der Waals surface area contributed by atoms with Crippen molar-refractivity contribution in [1.29, 1.82) is 0 Å². The zero-order valence-electron chi connectivity index (χ0n) is 42.3. The third-order valence-corrected chi connectivity index (χ3v) is 15.9. The van der Waals surface area contributed by atoms with Gasteiger partial charge in [-0.15, -0.1) is 0 Å². The lowest BCUT2D eigenvalue weighted by Crippen LogP contribution is -2.11. The number of carboxylic acid groups (broad SMARTS) is 1. The fraction of sp³-hybridized carbons (Fsp3) is 0. The molecule has 9 aromatic carbocycles. The number of rotatable bonds is 7. The molecule has 24 nitrogen and oxygen atoms in total. The topological polar surface area (TPSA) is 421 Å². The van der Waals surface area contributed by atoms with E-state index in [1.54, 1.807) is 72.8 Å². The highest BCUT2D eigenvalue weighted by atomic mass is 32.2. The van der Waals surface area contributed by atoms with Gasteiger partial charge in [0.1, 0.15) is 11.0 Å². The number of aromatic carboxylic acids is 1. The van der Waals surface area contributed by atoms with Gasteiger partial charge >= 0.3 is 28.0 Å². The van der Waals surface area contributed by atoms with E-state index < -0.39 is 39.0 Å². The first kappa shape index (κ1) is 54.3. The highest BCUT2D eigenvalue weighted by Gasteiger charge is 2.30. The summed E-state index contributed by atoms with van der Waals surface area (Å²) in [5, 5.41) is 14.8. The monoisotopic (exact) mass is 1150 g/mol. The number of fused-ring (bicyclic) bond motifs is 12. The molecule has 12 aromatic rings. The zero-order chi connectivity index (χ0) is 56.0. The lowest BCUT2D eigenvalue weighted by Gasteiger charge is -2.06. The third-order valence-electron chi connectivity index (χ3n) is 14.0. The van der Waals surface area contributed by atoms with Crippen molar-refractivity contribution < 1.29 is 53.0 Å². The fourth-order valence-electron chi connectivity index (χ4n) is 10.5. The Morgan fingerprint density at radius 3 is 1.30 bits per heavy atom. The van der Waals surface area contributed by atoms with Gasteiger partial charge in [0.2, 0.25) is 0 Å². The number of carbonyl (C=O) groups is 3. The van der Waals surface area contributed by atoms with E-state index in [1.165, 1.54) is 23.6 Å². The molecule has 0 bridgehead atoms. The quantitative estimate of drug-likeness (QED) is 0.0429. The van der Waals surface area contributed by atoms with Crippen molar-refractivity contribution in [3.05, 3.63) is 179 Å². The normalized spacial score (nSPS) is 11.9. The number of carbonyl (C=O) groups excluding carboxylic acids is 2. The molecular weight excluding hydrogens is 1110 g/mol. The van der Waals surface area contributed by atoms with Crippen LogP contribution in [0.5, 0.6) is 0 Å². The van der Waals surface area contributed by atoms with Gasteiger partial charge in [0.05, 0.1) is 88.8 Å². The molecular formula is C57H39N13O11S2. The van der Waals surface area contributed by atoms with E-state index in [0.29, 0.717) is 71.7 Å². The summed E-state index contributed by atoms with van der Waals surface area (Å²) in [6.45, 7) is 0. The van der Waals surface area contributed by atoms with Crippen LogP contribution in [0.4, 0.5) is 0 Å². The Kier molecular flexibility index (Phi) is 13.6. The average Bonchev–Trinajstić information content (AvgIpc) is 1.99. The fourth-order valence-corrected chi connectivity index (χ4v) is 11.8. The van der Waals surface area contributed by atoms with Gasteiger partial charge in [-0.25, -0.2) is 48.5 Å². The van der Waals surface area contributed by atoms with E-state index >= 15 is 0 Å². The van der Waals surface area contributed by atoms with E-state index in [4.69, 9.17) is 48.3 Å². The highest BCUT2D eigenvalue weighted by Crippen LogP contribution is 2.49. The van der Waals surface area contributed by atoms with E-state index in [0.717, 1.165) is 60.8 Å². The minimum absolute atomic E-state index is 0. The summed E-state index contributed by atoms with van der Waals surface area (Å²) in [4.78, 5) is 74.3. The van der Waals surface area contributed by atoms with Crippen molar-refractivity contribution in [3.8, 4) is 67.5 Å². The predicted octanol–water partition coefficient (Wildman–Crippen LogP) is 9.55. The summed E-state index contributed by atoms with van der Waals surface area (Å²) < 4.78 is 44.0. The van der Waals surface area contributed by atoms with Crippen LogP contribution in [0.25, 0.3) is 143 Å². The molecule has 0 radical (unpaired) electrons. The van der Waals surface area contributed by atoms with Crippen molar-refractivity contribution in [2.45, 2.75) is 9.79 Å². The molecule has 0 fully saturated rings. The van der Waals surface area contributed by atoms with Gasteiger partial charge in [0.25, 0.3) is 0 Å². The van der Waals surface area contributed by atoms with Crippen LogP contribution in [-0.2, 0) is 35.1 Å². The van der Waals surface area contributed by atoms with Gasteiger partial charge in [-0.2, -0.15) is 30.4 Å². The largest absolute Gasteiger partial charge is 0.478 e. The van der Waals surface area contributed by atoms with Gasteiger partial charge in [-0.05, 0) is 101 Å². The van der Waals surface area contributed by atoms with Crippen LogP contribution in [0.2, 0.25) is 0 Å². The molecule has 410 valence electrons. The SMILES string of the molecule is N.NOC(=O)c1ccc2nc3c(nc2c1)-c1cccc2cc(S(=O)(=O)ON)cc-3c12.O.O=C(O)c1ccc2nc3c(nc2c1)-c1cccc2cccc-3c12.[HH].[N-]=[N+]=NS(=O)c1cc2c3c(cccc3c1)-c1nc3ccc(C(=O)ON)cc3nc1-2.